The highest BCUT2D eigenvalue weighted by Crippen LogP contribution is 2.33. The number of carbonyl (C=O) groups is 2. The number of hydrogen-bond acceptors (Lipinski definition) is 4. The lowest BCUT2D eigenvalue weighted by Gasteiger charge is -2.16. The zero-order valence-corrected chi connectivity index (χ0v) is 10.5. The Balaban J connectivity index is 1.66. The van der Waals surface area contributed by atoms with Crippen molar-refractivity contribution in [2.24, 2.45) is 0 Å². The van der Waals surface area contributed by atoms with Gasteiger partial charge in [0.25, 0.3) is 0 Å². The van der Waals surface area contributed by atoms with Crippen molar-refractivity contribution >= 4 is 23.6 Å². The van der Waals surface area contributed by atoms with E-state index in [1.54, 1.807) is 0 Å². The van der Waals surface area contributed by atoms with Crippen LogP contribution in [-0.4, -0.2) is 46.6 Å². The van der Waals surface area contributed by atoms with Crippen LogP contribution in [0.3, 0.4) is 0 Å². The van der Waals surface area contributed by atoms with Gasteiger partial charge < -0.3 is 15.7 Å². The summed E-state index contributed by atoms with van der Waals surface area (Å²) in [5.74, 6) is 0.890. The van der Waals surface area contributed by atoms with Crippen LogP contribution in [0.15, 0.2) is 0 Å². The van der Waals surface area contributed by atoms with E-state index in [0.29, 0.717) is 11.7 Å². The van der Waals surface area contributed by atoms with Crippen LogP contribution in [0.25, 0.3) is 0 Å². The molecule has 0 aromatic rings. The summed E-state index contributed by atoms with van der Waals surface area (Å²) < 4.78 is 0. The number of aliphatic hydroxyl groups excluding tert-OH is 1. The number of hydrogen-bond donors (Lipinski definition) is 3. The highest BCUT2D eigenvalue weighted by atomic mass is 32.2. The van der Waals surface area contributed by atoms with Gasteiger partial charge in [-0.3, -0.25) is 4.79 Å². The molecule has 0 saturated carbocycles. The Kier molecular flexibility index (Phi) is 4.28. The number of carbonyl (C=O) groups excluding carboxylic acids is 2. The van der Waals surface area contributed by atoms with Crippen LogP contribution in [0, 0.1) is 0 Å². The van der Waals surface area contributed by atoms with Crippen molar-refractivity contribution in [1.29, 1.82) is 0 Å². The van der Waals surface area contributed by atoms with Crippen molar-refractivity contribution in [1.82, 2.24) is 10.6 Å². The molecule has 2 fully saturated rings. The van der Waals surface area contributed by atoms with Crippen LogP contribution >= 0.6 is 11.8 Å². The Hall–Kier alpha value is -0.750. The highest BCUT2D eigenvalue weighted by molar-refractivity contribution is 8.00. The van der Waals surface area contributed by atoms with E-state index in [2.05, 4.69) is 10.6 Å². The molecule has 0 aromatic carbocycles. The van der Waals surface area contributed by atoms with E-state index in [1.165, 1.54) is 0 Å². The first-order chi connectivity index (χ1) is 8.20. The van der Waals surface area contributed by atoms with E-state index in [9.17, 15) is 9.59 Å². The van der Waals surface area contributed by atoms with Gasteiger partial charge in [-0.25, -0.2) is 4.79 Å². The molecule has 96 valence electrons. The Morgan fingerprint density at radius 2 is 2.24 bits per heavy atom. The van der Waals surface area contributed by atoms with Crippen molar-refractivity contribution < 1.29 is 14.7 Å². The van der Waals surface area contributed by atoms with Crippen LogP contribution < -0.4 is 10.6 Å². The number of amides is 2. The second-order valence-corrected chi connectivity index (χ2v) is 5.84. The van der Waals surface area contributed by atoms with Crippen molar-refractivity contribution in [2.75, 3.05) is 12.4 Å². The minimum Gasteiger partial charge on any atom is -0.389 e. The molecule has 0 aliphatic carbocycles. The molecule has 3 atom stereocenters. The van der Waals surface area contributed by atoms with Gasteiger partial charge in [0.05, 0.1) is 12.1 Å². The summed E-state index contributed by atoms with van der Waals surface area (Å²) in [6.07, 6.45) is 3.29. The number of Topliss-reactive ketones (excluding diaryl/α,β-unsaturated/α-hetero) is 1. The summed E-state index contributed by atoms with van der Waals surface area (Å²) >= 11 is 1.89. The molecule has 2 saturated heterocycles. The standard InChI is InChI=1S/C11H18N2O3S/c14-5-7(15)3-1-2-4-9-10-8(6-17-9)12-11(16)13-10/h8-10,14H,1-6H2,(H2,12,13,16)/t8-,9?,10-/m0/s1. The van der Waals surface area contributed by atoms with Crippen LogP contribution in [0.5, 0.6) is 0 Å². The molecule has 2 aliphatic heterocycles. The molecule has 3 N–H and O–H groups in total. The third-order valence-electron chi connectivity index (χ3n) is 3.31. The average Bonchev–Trinajstić information content (AvgIpc) is 2.84. The van der Waals surface area contributed by atoms with Gasteiger partial charge in [0.2, 0.25) is 0 Å². The number of ketones is 1. The number of fused-ring (bicyclic) bond motifs is 1. The average molecular weight is 258 g/mol. The van der Waals surface area contributed by atoms with Crippen molar-refractivity contribution in [2.45, 2.75) is 43.0 Å². The predicted molar refractivity (Wildman–Crippen MR) is 66.1 cm³/mol. The fourth-order valence-corrected chi connectivity index (χ4v) is 3.93. The maximum atomic E-state index is 11.2. The fraction of sp³-hybridized carbons (Fsp3) is 0.818. The zero-order chi connectivity index (χ0) is 12.3. The quantitative estimate of drug-likeness (QED) is 0.472. The molecule has 0 bridgehead atoms. The fourth-order valence-electron chi connectivity index (χ4n) is 2.39. The van der Waals surface area contributed by atoms with Crippen LogP contribution in [-0.2, 0) is 4.79 Å². The molecule has 2 aliphatic rings. The van der Waals surface area contributed by atoms with E-state index in [-0.39, 0.29) is 30.5 Å². The van der Waals surface area contributed by atoms with Gasteiger partial charge >= 0.3 is 6.03 Å². The first-order valence-corrected chi connectivity index (χ1v) is 7.07. The monoisotopic (exact) mass is 258 g/mol. The molecule has 6 heteroatoms. The summed E-state index contributed by atoms with van der Waals surface area (Å²) in [5.41, 5.74) is 0. The minimum absolute atomic E-state index is 0.0549. The topological polar surface area (TPSA) is 78.4 Å². The first-order valence-electron chi connectivity index (χ1n) is 6.02. The van der Waals surface area contributed by atoms with Gasteiger partial charge in [-0.2, -0.15) is 11.8 Å². The van der Waals surface area contributed by atoms with Crippen molar-refractivity contribution in [3.8, 4) is 0 Å². The lowest BCUT2D eigenvalue weighted by Crippen LogP contribution is -2.36. The zero-order valence-electron chi connectivity index (χ0n) is 9.65. The number of rotatable bonds is 6. The number of urea groups is 1. The molecule has 0 aromatic heterocycles. The van der Waals surface area contributed by atoms with Gasteiger partial charge in [-0.1, -0.05) is 6.42 Å². The molecular formula is C11H18N2O3S. The Morgan fingerprint density at radius 3 is 3.00 bits per heavy atom. The van der Waals surface area contributed by atoms with Gasteiger partial charge in [0.15, 0.2) is 5.78 Å². The van der Waals surface area contributed by atoms with E-state index in [1.807, 2.05) is 11.8 Å². The maximum Gasteiger partial charge on any atom is 0.315 e. The molecule has 17 heavy (non-hydrogen) atoms. The van der Waals surface area contributed by atoms with Gasteiger partial charge in [-0.15, -0.1) is 0 Å². The summed E-state index contributed by atoms with van der Waals surface area (Å²) in [5, 5.41) is 14.9. The van der Waals surface area contributed by atoms with Gasteiger partial charge in [-0.05, 0) is 12.8 Å². The second-order valence-electron chi connectivity index (χ2n) is 4.56. The van der Waals surface area contributed by atoms with E-state index in [4.69, 9.17) is 5.11 Å². The van der Waals surface area contributed by atoms with E-state index in [0.717, 1.165) is 25.0 Å². The maximum absolute atomic E-state index is 11.2. The number of thioether (sulfide) groups is 1. The first kappa shape index (κ1) is 12.7. The SMILES string of the molecule is O=C(CO)CCCCC1SC[C@@H]2NC(=O)N[C@H]12. The van der Waals surface area contributed by atoms with Crippen molar-refractivity contribution in [3.63, 3.8) is 0 Å². The lowest BCUT2D eigenvalue weighted by molar-refractivity contribution is -0.121. The number of aliphatic hydroxyl groups is 1. The Morgan fingerprint density at radius 1 is 1.41 bits per heavy atom. The van der Waals surface area contributed by atoms with E-state index < -0.39 is 0 Å². The van der Waals surface area contributed by atoms with Crippen LogP contribution in [0.2, 0.25) is 0 Å². The summed E-state index contributed by atoms with van der Waals surface area (Å²) in [7, 11) is 0. The summed E-state index contributed by atoms with van der Waals surface area (Å²) in [4.78, 5) is 22.1. The highest BCUT2D eigenvalue weighted by Gasteiger charge is 2.42. The predicted octanol–water partition coefficient (Wildman–Crippen LogP) is 0.274. The summed E-state index contributed by atoms with van der Waals surface area (Å²) in [6, 6.07) is 0.471. The number of nitrogens with one attached hydrogen (secondary N) is 2. The van der Waals surface area contributed by atoms with E-state index >= 15 is 0 Å². The molecule has 2 heterocycles. The summed E-state index contributed by atoms with van der Waals surface area (Å²) in [6.45, 7) is -0.344. The third kappa shape index (κ3) is 3.13. The molecule has 5 nitrogen and oxygen atoms in total. The molecule has 0 spiro atoms. The lowest BCUT2D eigenvalue weighted by atomic mass is 10.0. The Labute approximate surface area is 105 Å². The minimum atomic E-state index is -0.344. The molecule has 2 amide bonds. The molecule has 2 rings (SSSR count). The molecule has 1 unspecified atom stereocenters. The smallest absolute Gasteiger partial charge is 0.315 e. The molecule has 0 radical (unpaired) electrons. The van der Waals surface area contributed by atoms with Crippen molar-refractivity contribution in [3.05, 3.63) is 0 Å². The normalized spacial score (nSPS) is 30.9. The van der Waals surface area contributed by atoms with Gasteiger partial charge in [0.1, 0.15) is 6.61 Å². The van der Waals surface area contributed by atoms with Crippen LogP contribution in [0.4, 0.5) is 4.79 Å². The van der Waals surface area contributed by atoms with Crippen LogP contribution in [0.1, 0.15) is 25.7 Å². The second kappa shape index (κ2) is 5.73. The number of unbranched alkanes of at least 4 members (excludes halogenated alkanes) is 1. The van der Waals surface area contributed by atoms with Gasteiger partial charge in [0, 0.05) is 17.4 Å². The molecular weight excluding hydrogens is 240 g/mol. The largest absolute Gasteiger partial charge is 0.389 e. The third-order valence-corrected chi connectivity index (χ3v) is 4.82. The Bertz CT molecular complexity index is 311.